The minimum absolute atomic E-state index is 0.127. The van der Waals surface area contributed by atoms with E-state index in [1.807, 2.05) is 18.3 Å². The van der Waals surface area contributed by atoms with Crippen LogP contribution in [-0.4, -0.2) is 59.3 Å². The van der Waals surface area contributed by atoms with Crippen LogP contribution in [0.15, 0.2) is 30.0 Å². The van der Waals surface area contributed by atoms with Crippen molar-refractivity contribution in [1.82, 2.24) is 9.88 Å². The third-order valence-corrected chi connectivity index (χ3v) is 13.2. The lowest BCUT2D eigenvalue weighted by atomic mass is 9.47. The zero-order valence-corrected chi connectivity index (χ0v) is 26.3. The smallest absolute Gasteiger partial charge is 0.222 e. The largest absolute Gasteiger partial charge is 0.487 e. The number of ether oxygens (including phenoxy) is 1. The number of hydrogen-bond donors (Lipinski definition) is 1. The monoisotopic (exact) mass is 575 g/mol. The van der Waals surface area contributed by atoms with E-state index in [0.29, 0.717) is 35.2 Å². The van der Waals surface area contributed by atoms with Gasteiger partial charge in [0, 0.05) is 38.8 Å². The van der Waals surface area contributed by atoms with Gasteiger partial charge in [-0.25, -0.2) is 4.98 Å². The fourth-order valence-corrected chi connectivity index (χ4v) is 10.6. The van der Waals surface area contributed by atoms with Crippen molar-refractivity contribution in [1.29, 1.82) is 0 Å². The molecule has 8 atom stereocenters. The lowest BCUT2D eigenvalue weighted by molar-refractivity contribution is -0.132. The number of fused-ring (bicyclic) bond motifs is 5. The third-order valence-electron chi connectivity index (χ3n) is 13.2. The molecule has 6 nitrogen and oxygen atoms in total. The van der Waals surface area contributed by atoms with E-state index in [9.17, 15) is 9.90 Å². The molecule has 2 heterocycles. The molecule has 1 unspecified atom stereocenters. The number of pyridine rings is 1. The summed E-state index contributed by atoms with van der Waals surface area (Å²) in [6, 6.07) is 3.98. The number of aliphatic hydroxyl groups excluding tert-OH is 1. The summed E-state index contributed by atoms with van der Waals surface area (Å²) in [5.41, 5.74) is 2.29. The highest BCUT2D eigenvalue weighted by Crippen LogP contribution is 2.67. The Kier molecular flexibility index (Phi) is 7.60. The molecule has 0 bridgehead atoms. The van der Waals surface area contributed by atoms with E-state index in [0.717, 1.165) is 99.9 Å². The van der Waals surface area contributed by atoms with Crippen molar-refractivity contribution in [3.05, 3.63) is 30.0 Å². The van der Waals surface area contributed by atoms with Crippen molar-refractivity contribution >= 4 is 11.7 Å². The number of allylic oxidation sites excluding steroid dienone is 1. The van der Waals surface area contributed by atoms with Gasteiger partial charge < -0.3 is 19.6 Å². The summed E-state index contributed by atoms with van der Waals surface area (Å²) in [6.07, 6.45) is 18.2. The first-order valence-electron chi connectivity index (χ1n) is 17.3. The van der Waals surface area contributed by atoms with Crippen molar-refractivity contribution in [3.63, 3.8) is 0 Å². The SMILES string of the molecule is CC(CCC(=O)N1CCN(c2ncccc2OC2CC2)CC1)[C@H]1CC[C@H]2[C@@H]3CC=C4C[C@@H](O)CC[C@]4(C)[C@H]3CC[C@]12C. The number of aromatic nitrogens is 1. The van der Waals surface area contributed by atoms with Crippen LogP contribution in [0.25, 0.3) is 0 Å². The van der Waals surface area contributed by atoms with Crippen molar-refractivity contribution in [2.45, 2.75) is 110 Å². The molecule has 42 heavy (non-hydrogen) atoms. The summed E-state index contributed by atoms with van der Waals surface area (Å²) >= 11 is 0. The van der Waals surface area contributed by atoms with E-state index in [1.54, 1.807) is 5.57 Å². The number of piperazine rings is 1. The Balaban J connectivity index is 0.931. The fraction of sp³-hybridized carbons (Fsp3) is 0.778. The van der Waals surface area contributed by atoms with Gasteiger partial charge in [-0.1, -0.05) is 32.4 Å². The molecular weight excluding hydrogens is 522 g/mol. The number of rotatable bonds is 7. The summed E-state index contributed by atoms with van der Waals surface area (Å²) in [4.78, 5) is 22.4. The van der Waals surface area contributed by atoms with Gasteiger partial charge in [0.05, 0.1) is 12.2 Å². The van der Waals surface area contributed by atoms with Gasteiger partial charge in [0.15, 0.2) is 11.6 Å². The Labute approximate surface area is 253 Å². The van der Waals surface area contributed by atoms with Crippen LogP contribution < -0.4 is 9.64 Å². The molecule has 5 aliphatic carbocycles. The number of amides is 1. The average Bonchev–Trinajstić information content (AvgIpc) is 3.74. The van der Waals surface area contributed by atoms with Gasteiger partial charge in [0.1, 0.15) is 0 Å². The van der Waals surface area contributed by atoms with Crippen LogP contribution in [0.4, 0.5) is 5.82 Å². The number of anilines is 1. The molecule has 1 aliphatic heterocycles. The van der Waals surface area contributed by atoms with Crippen molar-refractivity contribution < 1.29 is 14.6 Å². The molecule has 6 heteroatoms. The van der Waals surface area contributed by atoms with E-state index >= 15 is 0 Å². The number of carbonyl (C=O) groups excluding carboxylic acids is 1. The number of aliphatic hydroxyl groups is 1. The minimum atomic E-state index is -0.127. The number of hydrogen-bond acceptors (Lipinski definition) is 5. The van der Waals surface area contributed by atoms with Crippen LogP contribution in [0.2, 0.25) is 0 Å². The van der Waals surface area contributed by atoms with Gasteiger partial charge in [0.25, 0.3) is 0 Å². The van der Waals surface area contributed by atoms with E-state index in [1.165, 1.54) is 32.1 Å². The van der Waals surface area contributed by atoms with Gasteiger partial charge in [-0.05, 0) is 123 Å². The summed E-state index contributed by atoms with van der Waals surface area (Å²) in [6.45, 7) is 10.8. The second-order valence-electron chi connectivity index (χ2n) is 15.4. The van der Waals surface area contributed by atoms with Crippen LogP contribution in [0, 0.1) is 40.4 Å². The van der Waals surface area contributed by atoms with Crippen molar-refractivity contribution in [2.75, 3.05) is 31.1 Å². The van der Waals surface area contributed by atoms with Crippen molar-refractivity contribution in [3.8, 4) is 5.75 Å². The predicted octanol–water partition coefficient (Wildman–Crippen LogP) is 6.63. The van der Waals surface area contributed by atoms with Crippen LogP contribution in [0.1, 0.15) is 97.8 Å². The quantitative estimate of drug-likeness (QED) is 0.370. The van der Waals surface area contributed by atoms with Gasteiger partial charge >= 0.3 is 0 Å². The lowest BCUT2D eigenvalue weighted by Crippen LogP contribution is -2.51. The molecule has 0 aromatic carbocycles. The van der Waals surface area contributed by atoms with Gasteiger partial charge in [0.2, 0.25) is 5.91 Å². The molecule has 1 amide bonds. The number of carbonyl (C=O) groups is 1. The molecule has 1 aromatic heterocycles. The second kappa shape index (κ2) is 11.1. The molecule has 1 aromatic rings. The first-order chi connectivity index (χ1) is 20.3. The maximum Gasteiger partial charge on any atom is 0.222 e. The maximum atomic E-state index is 13.4. The standard InChI is InChI=1S/C36H53N3O3/c1-24(6-13-33(41)38-19-21-39(22-20-38)34-32(5-4-18-37-34)42-27-8-9-27)29-11-12-30-28-10-7-25-23-26(40)14-16-35(25,2)31(28)15-17-36(29,30)3/h4-5,7,18,24,26-31,40H,6,8-17,19-23H2,1-3H3/t24?,26-,28-,29+,30-,31-,35-,36+/m0/s1. The molecule has 1 saturated heterocycles. The van der Waals surface area contributed by atoms with E-state index in [2.05, 4.69) is 41.6 Å². The van der Waals surface area contributed by atoms with Gasteiger partial charge in [-0.3, -0.25) is 4.79 Å². The Hall–Kier alpha value is -2.08. The predicted molar refractivity (Wildman–Crippen MR) is 166 cm³/mol. The zero-order valence-electron chi connectivity index (χ0n) is 26.3. The first kappa shape index (κ1) is 28.7. The van der Waals surface area contributed by atoms with Gasteiger partial charge in [-0.2, -0.15) is 0 Å². The highest BCUT2D eigenvalue weighted by atomic mass is 16.5. The molecule has 7 rings (SSSR count). The molecule has 0 radical (unpaired) electrons. The van der Waals surface area contributed by atoms with E-state index in [4.69, 9.17) is 4.74 Å². The Morgan fingerprint density at radius 1 is 1.07 bits per heavy atom. The van der Waals surface area contributed by atoms with Crippen LogP contribution in [0.3, 0.4) is 0 Å². The van der Waals surface area contributed by atoms with Crippen molar-refractivity contribution in [2.24, 2.45) is 40.4 Å². The average molecular weight is 576 g/mol. The maximum absolute atomic E-state index is 13.4. The highest BCUT2D eigenvalue weighted by molar-refractivity contribution is 5.76. The summed E-state index contributed by atoms with van der Waals surface area (Å²) in [7, 11) is 0. The van der Waals surface area contributed by atoms with E-state index in [-0.39, 0.29) is 6.10 Å². The number of nitrogens with zero attached hydrogens (tertiary/aromatic N) is 3. The molecule has 4 saturated carbocycles. The van der Waals surface area contributed by atoms with Gasteiger partial charge in [-0.15, -0.1) is 0 Å². The normalized spacial score (nSPS) is 38.7. The third kappa shape index (κ3) is 5.08. The molecule has 5 fully saturated rings. The molecule has 0 spiro atoms. The second-order valence-corrected chi connectivity index (χ2v) is 15.4. The molecule has 1 N–H and O–H groups in total. The molecular formula is C36H53N3O3. The highest BCUT2D eigenvalue weighted by Gasteiger charge is 2.59. The molecule has 6 aliphatic rings. The Bertz CT molecular complexity index is 1190. The topological polar surface area (TPSA) is 65.9 Å². The lowest BCUT2D eigenvalue weighted by Gasteiger charge is -2.58. The molecule has 230 valence electrons. The van der Waals surface area contributed by atoms with Crippen LogP contribution in [0.5, 0.6) is 5.75 Å². The Morgan fingerprint density at radius 3 is 2.67 bits per heavy atom. The summed E-state index contributed by atoms with van der Waals surface area (Å²) in [5, 5.41) is 10.3. The van der Waals surface area contributed by atoms with Crippen LogP contribution in [-0.2, 0) is 4.79 Å². The first-order valence-corrected chi connectivity index (χ1v) is 17.3. The Morgan fingerprint density at radius 2 is 1.88 bits per heavy atom. The summed E-state index contributed by atoms with van der Waals surface area (Å²) in [5.74, 6) is 5.89. The van der Waals surface area contributed by atoms with E-state index < -0.39 is 0 Å². The van der Waals surface area contributed by atoms with Crippen LogP contribution >= 0.6 is 0 Å². The zero-order chi connectivity index (χ0) is 29.1. The fourth-order valence-electron chi connectivity index (χ4n) is 10.6. The summed E-state index contributed by atoms with van der Waals surface area (Å²) < 4.78 is 6.11. The minimum Gasteiger partial charge on any atom is -0.487 e.